The third-order valence-electron chi connectivity index (χ3n) is 2.82. The molecule has 1 unspecified atom stereocenters. The van der Waals surface area contributed by atoms with Gasteiger partial charge in [-0.25, -0.2) is 0 Å². The lowest BCUT2D eigenvalue weighted by Gasteiger charge is -2.23. The fraction of sp³-hybridized carbons (Fsp3) is 0.909. The summed E-state index contributed by atoms with van der Waals surface area (Å²) in [5, 5.41) is 6.35. The fourth-order valence-electron chi connectivity index (χ4n) is 1.95. The molecule has 1 amide bonds. The molecule has 1 saturated heterocycles. The van der Waals surface area contributed by atoms with Crippen LogP contribution in [0.1, 0.15) is 39.5 Å². The van der Waals surface area contributed by atoms with Gasteiger partial charge in [-0.05, 0) is 39.3 Å². The summed E-state index contributed by atoms with van der Waals surface area (Å²) in [5.74, 6) is 0.503. The Hall–Kier alpha value is -0.570. The highest BCUT2D eigenvalue weighted by atomic mass is 16.1. The van der Waals surface area contributed by atoms with Gasteiger partial charge in [0, 0.05) is 12.0 Å². The molecule has 1 aliphatic rings. The second-order valence-electron chi connectivity index (χ2n) is 4.22. The molecule has 1 heterocycles. The molecule has 1 aliphatic heterocycles. The molecule has 3 heteroatoms. The molecule has 2 N–H and O–H groups in total. The van der Waals surface area contributed by atoms with Crippen LogP contribution in [0.4, 0.5) is 0 Å². The van der Waals surface area contributed by atoms with Crippen molar-refractivity contribution in [3.63, 3.8) is 0 Å². The average Bonchev–Trinajstić information content (AvgIpc) is 2.19. The zero-order valence-electron chi connectivity index (χ0n) is 9.31. The van der Waals surface area contributed by atoms with Gasteiger partial charge in [-0.1, -0.05) is 13.3 Å². The van der Waals surface area contributed by atoms with Crippen molar-refractivity contribution in [2.75, 3.05) is 13.1 Å². The quantitative estimate of drug-likeness (QED) is 0.714. The molecule has 0 aromatic carbocycles. The highest BCUT2D eigenvalue weighted by Crippen LogP contribution is 2.12. The zero-order chi connectivity index (χ0) is 10.4. The van der Waals surface area contributed by atoms with Gasteiger partial charge >= 0.3 is 0 Å². The van der Waals surface area contributed by atoms with Crippen LogP contribution < -0.4 is 10.6 Å². The van der Waals surface area contributed by atoms with Gasteiger partial charge in [0.1, 0.15) is 0 Å². The van der Waals surface area contributed by atoms with Crippen molar-refractivity contribution in [1.82, 2.24) is 10.6 Å². The number of rotatable bonds is 4. The van der Waals surface area contributed by atoms with Crippen LogP contribution in [0.5, 0.6) is 0 Å². The average molecular weight is 198 g/mol. The summed E-state index contributed by atoms with van der Waals surface area (Å²) in [4.78, 5) is 11.7. The summed E-state index contributed by atoms with van der Waals surface area (Å²) >= 11 is 0. The predicted octanol–water partition coefficient (Wildman–Crippen LogP) is 1.29. The number of piperidine rings is 1. The van der Waals surface area contributed by atoms with Crippen LogP contribution in [0, 0.1) is 5.92 Å². The van der Waals surface area contributed by atoms with Crippen LogP contribution in [-0.4, -0.2) is 25.0 Å². The standard InChI is InChI=1S/C11H22N2O/c1-3-4-9(2)13-11(14)10-5-7-12-8-6-10/h9-10,12H,3-8H2,1-2H3,(H,13,14). The summed E-state index contributed by atoms with van der Waals surface area (Å²) in [6.45, 7) is 6.20. The van der Waals surface area contributed by atoms with E-state index in [-0.39, 0.29) is 11.8 Å². The van der Waals surface area contributed by atoms with E-state index < -0.39 is 0 Å². The summed E-state index contributed by atoms with van der Waals surface area (Å²) in [5.41, 5.74) is 0. The van der Waals surface area contributed by atoms with Crippen molar-refractivity contribution in [2.24, 2.45) is 5.92 Å². The highest BCUT2D eigenvalue weighted by Gasteiger charge is 2.21. The van der Waals surface area contributed by atoms with Gasteiger partial charge in [-0.2, -0.15) is 0 Å². The molecule has 1 fully saturated rings. The molecular weight excluding hydrogens is 176 g/mol. The fourth-order valence-corrected chi connectivity index (χ4v) is 1.95. The first-order valence-corrected chi connectivity index (χ1v) is 5.75. The van der Waals surface area contributed by atoms with Gasteiger partial charge < -0.3 is 10.6 Å². The lowest BCUT2D eigenvalue weighted by atomic mass is 9.97. The maximum absolute atomic E-state index is 11.7. The van der Waals surface area contributed by atoms with Crippen molar-refractivity contribution in [2.45, 2.75) is 45.6 Å². The second-order valence-corrected chi connectivity index (χ2v) is 4.22. The van der Waals surface area contributed by atoms with E-state index in [2.05, 4.69) is 24.5 Å². The molecule has 0 saturated carbocycles. The molecule has 0 radical (unpaired) electrons. The van der Waals surface area contributed by atoms with E-state index in [1.165, 1.54) is 0 Å². The molecule has 0 spiro atoms. The number of amides is 1. The Balaban J connectivity index is 2.25. The second kappa shape index (κ2) is 6.02. The summed E-state index contributed by atoms with van der Waals surface area (Å²) < 4.78 is 0. The topological polar surface area (TPSA) is 41.1 Å². The number of hydrogen-bond acceptors (Lipinski definition) is 2. The Morgan fingerprint density at radius 1 is 1.50 bits per heavy atom. The van der Waals surface area contributed by atoms with Gasteiger partial charge in [0.2, 0.25) is 5.91 Å². The number of carbonyl (C=O) groups excluding carboxylic acids is 1. The molecule has 0 bridgehead atoms. The van der Waals surface area contributed by atoms with Crippen molar-refractivity contribution >= 4 is 5.91 Å². The Morgan fingerprint density at radius 2 is 2.14 bits per heavy atom. The van der Waals surface area contributed by atoms with Crippen LogP contribution in [0.25, 0.3) is 0 Å². The molecule has 3 nitrogen and oxygen atoms in total. The summed E-state index contributed by atoms with van der Waals surface area (Å²) in [7, 11) is 0. The van der Waals surface area contributed by atoms with Crippen LogP contribution in [-0.2, 0) is 4.79 Å². The van der Waals surface area contributed by atoms with Crippen LogP contribution in [0.15, 0.2) is 0 Å². The van der Waals surface area contributed by atoms with Crippen molar-refractivity contribution < 1.29 is 4.79 Å². The van der Waals surface area contributed by atoms with Crippen molar-refractivity contribution in [3.05, 3.63) is 0 Å². The summed E-state index contributed by atoms with van der Waals surface area (Å²) in [6.07, 6.45) is 4.19. The van der Waals surface area contributed by atoms with Crippen molar-refractivity contribution in [3.8, 4) is 0 Å². The van der Waals surface area contributed by atoms with E-state index in [9.17, 15) is 4.79 Å². The Kier molecular flexibility index (Phi) is 4.94. The number of hydrogen-bond donors (Lipinski definition) is 2. The number of nitrogens with one attached hydrogen (secondary N) is 2. The van der Waals surface area contributed by atoms with Gasteiger partial charge in [0.15, 0.2) is 0 Å². The SMILES string of the molecule is CCCC(C)NC(=O)C1CCNCC1. The maximum atomic E-state index is 11.7. The maximum Gasteiger partial charge on any atom is 0.223 e. The third-order valence-corrected chi connectivity index (χ3v) is 2.82. The molecular formula is C11H22N2O. The molecule has 1 atom stereocenters. The minimum absolute atomic E-state index is 0.246. The molecule has 1 rings (SSSR count). The Morgan fingerprint density at radius 3 is 2.71 bits per heavy atom. The summed E-state index contributed by atoms with van der Waals surface area (Å²) in [6, 6.07) is 0.336. The Bertz CT molecular complexity index is 176. The smallest absolute Gasteiger partial charge is 0.223 e. The molecule has 0 aliphatic carbocycles. The first-order valence-electron chi connectivity index (χ1n) is 5.75. The van der Waals surface area contributed by atoms with Gasteiger partial charge in [-0.15, -0.1) is 0 Å². The van der Waals surface area contributed by atoms with Gasteiger partial charge in [0.05, 0.1) is 0 Å². The lowest BCUT2D eigenvalue weighted by Crippen LogP contribution is -2.41. The van der Waals surface area contributed by atoms with E-state index in [0.29, 0.717) is 6.04 Å². The van der Waals surface area contributed by atoms with Gasteiger partial charge in [-0.3, -0.25) is 4.79 Å². The molecule has 14 heavy (non-hydrogen) atoms. The predicted molar refractivity (Wildman–Crippen MR) is 58.1 cm³/mol. The molecule has 82 valence electrons. The van der Waals surface area contributed by atoms with Crippen LogP contribution >= 0.6 is 0 Å². The van der Waals surface area contributed by atoms with E-state index in [1.807, 2.05) is 0 Å². The van der Waals surface area contributed by atoms with E-state index in [4.69, 9.17) is 0 Å². The third kappa shape index (κ3) is 3.66. The minimum Gasteiger partial charge on any atom is -0.353 e. The Labute approximate surface area is 86.6 Å². The monoisotopic (exact) mass is 198 g/mol. The van der Waals surface area contributed by atoms with E-state index >= 15 is 0 Å². The highest BCUT2D eigenvalue weighted by molar-refractivity contribution is 5.79. The largest absolute Gasteiger partial charge is 0.353 e. The zero-order valence-corrected chi connectivity index (χ0v) is 9.31. The number of carbonyl (C=O) groups is 1. The normalized spacial score (nSPS) is 20.4. The minimum atomic E-state index is 0.246. The van der Waals surface area contributed by atoms with Crippen LogP contribution in [0.3, 0.4) is 0 Å². The molecule has 0 aromatic heterocycles. The van der Waals surface area contributed by atoms with E-state index in [0.717, 1.165) is 38.8 Å². The first-order chi connectivity index (χ1) is 6.74. The lowest BCUT2D eigenvalue weighted by molar-refractivity contribution is -0.126. The molecule has 0 aromatic rings. The van der Waals surface area contributed by atoms with Gasteiger partial charge in [0.25, 0.3) is 0 Å². The van der Waals surface area contributed by atoms with Crippen molar-refractivity contribution in [1.29, 1.82) is 0 Å². The first kappa shape index (κ1) is 11.5. The van der Waals surface area contributed by atoms with E-state index in [1.54, 1.807) is 0 Å². The van der Waals surface area contributed by atoms with Crippen LogP contribution in [0.2, 0.25) is 0 Å².